The van der Waals surface area contributed by atoms with Crippen LogP contribution in [-0.4, -0.2) is 61.5 Å². The van der Waals surface area contributed by atoms with E-state index in [2.05, 4.69) is 27.7 Å². The van der Waals surface area contributed by atoms with Gasteiger partial charge in [0, 0.05) is 28.8 Å². The van der Waals surface area contributed by atoms with E-state index in [-0.39, 0.29) is 24.1 Å². The highest BCUT2D eigenvalue weighted by Crippen LogP contribution is 2.41. The van der Waals surface area contributed by atoms with Crippen molar-refractivity contribution in [3.05, 3.63) is 64.1 Å². The van der Waals surface area contributed by atoms with Crippen LogP contribution in [0.4, 0.5) is 10.6 Å². The fourth-order valence-electron chi connectivity index (χ4n) is 5.57. The van der Waals surface area contributed by atoms with Gasteiger partial charge in [0.2, 0.25) is 0 Å². The molecule has 1 amide bonds. The number of carbonyl (C=O) groups is 1. The van der Waals surface area contributed by atoms with Crippen LogP contribution in [0.2, 0.25) is 0 Å². The molecule has 0 radical (unpaired) electrons. The lowest BCUT2D eigenvalue weighted by Crippen LogP contribution is -2.59. The molecule has 10 heteroatoms. The maximum atomic E-state index is 13.0. The minimum Gasteiger partial charge on any atom is -0.444 e. The molecule has 4 aromatic rings. The van der Waals surface area contributed by atoms with E-state index in [9.17, 15) is 4.79 Å². The largest absolute Gasteiger partial charge is 0.444 e. The first kappa shape index (κ1) is 26.0. The van der Waals surface area contributed by atoms with Crippen LogP contribution in [0.3, 0.4) is 0 Å². The van der Waals surface area contributed by atoms with E-state index < -0.39 is 5.60 Å². The first-order valence-corrected chi connectivity index (χ1v) is 14.2. The molecule has 5 heterocycles. The summed E-state index contributed by atoms with van der Waals surface area (Å²) < 4.78 is 14.2. The number of rotatable bonds is 3. The number of pyridine rings is 1. The Kier molecular flexibility index (Phi) is 6.70. The number of hydrogen-bond acceptors (Lipinski definition) is 7. The van der Waals surface area contributed by atoms with Crippen molar-refractivity contribution in [2.45, 2.75) is 57.2 Å². The average molecular weight is 639 g/mol. The molecule has 9 nitrogen and oxygen atoms in total. The molecular formula is C29H31IN6O3. The van der Waals surface area contributed by atoms with Crippen LogP contribution in [0.15, 0.2) is 54.9 Å². The van der Waals surface area contributed by atoms with Gasteiger partial charge in [-0.05, 0) is 62.3 Å². The number of carbonyl (C=O) groups excluding carboxylic acids is 1. The van der Waals surface area contributed by atoms with E-state index >= 15 is 0 Å². The van der Waals surface area contributed by atoms with Crippen molar-refractivity contribution < 1.29 is 14.3 Å². The van der Waals surface area contributed by atoms with E-state index in [1.54, 1.807) is 10.7 Å². The maximum absolute atomic E-state index is 13.0. The van der Waals surface area contributed by atoms with Gasteiger partial charge in [0.15, 0.2) is 5.65 Å². The Labute approximate surface area is 240 Å². The lowest BCUT2D eigenvalue weighted by atomic mass is 9.83. The van der Waals surface area contributed by atoms with Crippen LogP contribution in [0, 0.1) is 3.57 Å². The van der Waals surface area contributed by atoms with Gasteiger partial charge in [0.1, 0.15) is 11.4 Å². The summed E-state index contributed by atoms with van der Waals surface area (Å²) >= 11 is 2.27. The number of morpholine rings is 1. The zero-order valence-corrected chi connectivity index (χ0v) is 24.3. The number of ether oxygens (including phenoxy) is 2. The van der Waals surface area contributed by atoms with E-state index in [0.717, 1.165) is 44.5 Å². The van der Waals surface area contributed by atoms with Gasteiger partial charge in [-0.2, -0.15) is 9.61 Å². The average Bonchev–Trinajstić information content (AvgIpc) is 3.34. The number of hydrogen-bond donors (Lipinski definition) is 1. The molecule has 2 atom stereocenters. The second kappa shape index (κ2) is 10.1. The van der Waals surface area contributed by atoms with Crippen molar-refractivity contribution in [1.29, 1.82) is 0 Å². The number of nitrogen functional groups attached to an aromatic ring is 1. The number of nitrogens with zero attached hydrogens (tertiary/aromatic N) is 5. The predicted molar refractivity (Wildman–Crippen MR) is 157 cm³/mol. The van der Waals surface area contributed by atoms with E-state index in [1.807, 2.05) is 74.3 Å². The molecule has 2 saturated heterocycles. The first-order valence-electron chi connectivity index (χ1n) is 13.1. The SMILES string of the molecule is CC(C)(C)OC(=O)N1C2COCC1CC(c1nc3c(-c4ccc(-c5ccccc5)nc4)cnn3c(N)c1I)C2. The number of anilines is 1. The highest BCUT2D eigenvalue weighted by atomic mass is 127. The van der Waals surface area contributed by atoms with E-state index in [1.165, 1.54) is 0 Å². The van der Waals surface area contributed by atoms with Gasteiger partial charge < -0.3 is 15.2 Å². The van der Waals surface area contributed by atoms with Gasteiger partial charge in [-0.1, -0.05) is 36.4 Å². The van der Waals surface area contributed by atoms with Crippen LogP contribution in [0.5, 0.6) is 0 Å². The topological polar surface area (TPSA) is 108 Å². The van der Waals surface area contributed by atoms with Gasteiger partial charge in [-0.25, -0.2) is 9.78 Å². The lowest BCUT2D eigenvalue weighted by molar-refractivity contribution is -0.0828. The molecule has 39 heavy (non-hydrogen) atoms. The predicted octanol–water partition coefficient (Wildman–Crippen LogP) is 5.53. The monoisotopic (exact) mass is 638 g/mol. The first-order chi connectivity index (χ1) is 18.7. The maximum Gasteiger partial charge on any atom is 0.410 e. The number of nitrogens with two attached hydrogens (primary N) is 1. The van der Waals surface area contributed by atoms with Gasteiger partial charge >= 0.3 is 6.09 Å². The number of fused-ring (bicyclic) bond motifs is 3. The Morgan fingerprint density at radius 3 is 2.41 bits per heavy atom. The minimum atomic E-state index is -0.550. The Balaban J connectivity index is 1.32. The van der Waals surface area contributed by atoms with Crippen LogP contribution < -0.4 is 5.73 Å². The van der Waals surface area contributed by atoms with Gasteiger partial charge in [-0.15, -0.1) is 0 Å². The molecule has 6 rings (SSSR count). The summed E-state index contributed by atoms with van der Waals surface area (Å²) in [4.78, 5) is 24.8. The van der Waals surface area contributed by atoms with Crippen molar-refractivity contribution in [2.75, 3.05) is 18.9 Å². The summed E-state index contributed by atoms with van der Waals surface area (Å²) in [5.41, 5.74) is 11.5. The zero-order chi connectivity index (χ0) is 27.3. The van der Waals surface area contributed by atoms with Gasteiger partial charge in [0.25, 0.3) is 0 Å². The summed E-state index contributed by atoms with van der Waals surface area (Å²) in [6, 6.07) is 14.0. The second-order valence-electron chi connectivity index (χ2n) is 11.2. The lowest BCUT2D eigenvalue weighted by Gasteiger charge is -2.48. The third-order valence-electron chi connectivity index (χ3n) is 7.30. The van der Waals surface area contributed by atoms with Crippen molar-refractivity contribution in [1.82, 2.24) is 24.5 Å². The summed E-state index contributed by atoms with van der Waals surface area (Å²) in [5, 5.41) is 4.56. The number of amides is 1. The van der Waals surface area contributed by atoms with Crippen LogP contribution in [0.25, 0.3) is 28.0 Å². The second-order valence-corrected chi connectivity index (χ2v) is 12.3. The Hall–Kier alpha value is -3.25. The molecular weight excluding hydrogens is 607 g/mol. The van der Waals surface area contributed by atoms with Crippen molar-refractivity contribution in [3.8, 4) is 22.4 Å². The normalized spacial score (nSPS) is 21.2. The van der Waals surface area contributed by atoms with E-state index in [0.29, 0.717) is 24.7 Å². The summed E-state index contributed by atoms with van der Waals surface area (Å²) in [7, 11) is 0. The molecule has 2 aliphatic heterocycles. The molecule has 2 N–H and O–H groups in total. The summed E-state index contributed by atoms with van der Waals surface area (Å²) in [6.07, 6.45) is 4.83. The molecule has 0 aliphatic carbocycles. The quantitative estimate of drug-likeness (QED) is 0.294. The molecule has 2 unspecified atom stereocenters. The van der Waals surface area contributed by atoms with Crippen molar-refractivity contribution in [2.24, 2.45) is 0 Å². The van der Waals surface area contributed by atoms with Gasteiger partial charge in [-0.3, -0.25) is 9.88 Å². The minimum absolute atomic E-state index is 0.0773. The molecule has 2 fully saturated rings. The fourth-order valence-corrected chi connectivity index (χ4v) is 6.36. The van der Waals surface area contributed by atoms with Crippen molar-refractivity contribution in [3.63, 3.8) is 0 Å². The smallest absolute Gasteiger partial charge is 0.410 e. The molecule has 2 bridgehead atoms. The molecule has 0 saturated carbocycles. The van der Waals surface area contributed by atoms with Crippen molar-refractivity contribution >= 4 is 40.1 Å². The number of halogens is 1. The fraction of sp³-hybridized carbons (Fsp3) is 0.379. The number of benzene rings is 1. The molecule has 0 spiro atoms. The highest BCUT2D eigenvalue weighted by Gasteiger charge is 2.44. The zero-order valence-electron chi connectivity index (χ0n) is 22.2. The third kappa shape index (κ3) is 4.95. The Morgan fingerprint density at radius 2 is 1.77 bits per heavy atom. The highest BCUT2D eigenvalue weighted by molar-refractivity contribution is 14.1. The van der Waals surface area contributed by atoms with E-state index in [4.69, 9.17) is 25.2 Å². The Morgan fingerprint density at radius 1 is 1.05 bits per heavy atom. The third-order valence-corrected chi connectivity index (χ3v) is 8.41. The van der Waals surface area contributed by atoms with Crippen LogP contribution in [0.1, 0.15) is 45.2 Å². The molecule has 1 aromatic carbocycles. The Bertz CT molecular complexity index is 1500. The van der Waals surface area contributed by atoms with Crippen LogP contribution >= 0.6 is 22.6 Å². The summed E-state index contributed by atoms with van der Waals surface area (Å²) in [6.45, 7) is 6.64. The standard InChI is InChI=1S/C29H31IN6O3/c1-29(2,3)39-28(37)35-20-11-19(12-21(35)16-38-15-20)25-24(30)26(31)36-27(34-25)22(14-33-36)18-9-10-23(32-13-18)17-7-5-4-6-8-17/h4-10,13-14,19-21H,11-12,15-16,31H2,1-3H3. The molecule has 2 aliphatic rings. The molecule has 202 valence electrons. The molecule has 3 aromatic heterocycles. The number of piperidine rings is 1. The number of aromatic nitrogens is 4. The summed E-state index contributed by atoms with van der Waals surface area (Å²) in [5.74, 6) is 0.690. The van der Waals surface area contributed by atoms with Crippen LogP contribution in [-0.2, 0) is 9.47 Å². The van der Waals surface area contributed by atoms with Gasteiger partial charge in [0.05, 0.1) is 46.5 Å².